The van der Waals surface area contributed by atoms with Gasteiger partial charge in [-0.25, -0.2) is 0 Å². The fraction of sp³-hybridized carbons (Fsp3) is 0.562. The molecule has 3 rings (SSSR count). The van der Waals surface area contributed by atoms with Gasteiger partial charge in [-0.15, -0.1) is 0 Å². The molecule has 1 saturated heterocycles. The second-order valence-corrected chi connectivity index (χ2v) is 6.93. The van der Waals surface area contributed by atoms with E-state index >= 15 is 0 Å². The fourth-order valence-electron chi connectivity index (χ4n) is 3.46. The number of hydrogen-bond acceptors (Lipinski definition) is 2. The van der Waals surface area contributed by atoms with Gasteiger partial charge in [0.15, 0.2) is 0 Å². The van der Waals surface area contributed by atoms with Crippen molar-refractivity contribution in [3.63, 3.8) is 0 Å². The molecule has 2 N–H and O–H groups in total. The lowest BCUT2D eigenvalue weighted by Gasteiger charge is -2.24. The van der Waals surface area contributed by atoms with Crippen molar-refractivity contribution < 1.29 is 4.79 Å². The molecule has 1 aliphatic heterocycles. The van der Waals surface area contributed by atoms with Crippen molar-refractivity contribution >= 4 is 27.5 Å². The molecule has 3 unspecified atom stereocenters. The molecule has 1 aromatic rings. The van der Waals surface area contributed by atoms with Crippen LogP contribution in [0.2, 0.25) is 0 Å². The van der Waals surface area contributed by atoms with Gasteiger partial charge in [0.2, 0.25) is 5.91 Å². The van der Waals surface area contributed by atoms with E-state index in [9.17, 15) is 4.79 Å². The average Bonchev–Trinajstić information content (AvgIpc) is 2.86. The molecule has 0 bridgehead atoms. The summed E-state index contributed by atoms with van der Waals surface area (Å²) < 4.78 is 0.946. The lowest BCUT2D eigenvalue weighted by atomic mass is 9.85. The van der Waals surface area contributed by atoms with Crippen molar-refractivity contribution in [1.82, 2.24) is 5.32 Å². The van der Waals surface area contributed by atoms with E-state index in [1.165, 1.54) is 31.2 Å². The number of nitrogens with one attached hydrogen (secondary N) is 2. The molecule has 3 nitrogen and oxygen atoms in total. The Bertz CT molecular complexity index is 503. The highest BCUT2D eigenvalue weighted by Crippen LogP contribution is 2.33. The molecule has 1 heterocycles. The number of carbonyl (C=O) groups is 1. The van der Waals surface area contributed by atoms with Gasteiger partial charge in [-0.2, -0.15) is 0 Å². The standard InChI is InChI=1S/C16H21BrN2O/c1-10-6-7-14(12(17)8-10)19-16(20)15-9-11-4-2-3-5-13(11)18-15/h6-8,11,13,15,18H,2-5,9H2,1H3,(H,19,20). The molecular weight excluding hydrogens is 316 g/mol. The van der Waals surface area contributed by atoms with Gasteiger partial charge in [0, 0.05) is 10.5 Å². The Balaban J connectivity index is 1.65. The second-order valence-electron chi connectivity index (χ2n) is 6.08. The van der Waals surface area contributed by atoms with Crippen LogP contribution in [0.5, 0.6) is 0 Å². The van der Waals surface area contributed by atoms with E-state index in [4.69, 9.17) is 0 Å². The van der Waals surface area contributed by atoms with Crippen LogP contribution in [0.1, 0.15) is 37.7 Å². The number of amides is 1. The minimum Gasteiger partial charge on any atom is -0.324 e. The highest BCUT2D eigenvalue weighted by atomic mass is 79.9. The molecule has 0 spiro atoms. The van der Waals surface area contributed by atoms with Crippen LogP contribution >= 0.6 is 15.9 Å². The van der Waals surface area contributed by atoms with Crippen LogP contribution in [0.25, 0.3) is 0 Å². The maximum Gasteiger partial charge on any atom is 0.241 e. The first-order chi connectivity index (χ1) is 9.63. The topological polar surface area (TPSA) is 41.1 Å². The van der Waals surface area contributed by atoms with Gasteiger partial charge in [0.25, 0.3) is 0 Å². The van der Waals surface area contributed by atoms with E-state index in [0.717, 1.165) is 16.6 Å². The zero-order valence-corrected chi connectivity index (χ0v) is 13.4. The van der Waals surface area contributed by atoms with Gasteiger partial charge in [0.1, 0.15) is 0 Å². The van der Waals surface area contributed by atoms with Crippen molar-refractivity contribution in [3.8, 4) is 0 Å². The number of benzene rings is 1. The first kappa shape index (κ1) is 14.1. The normalized spacial score (nSPS) is 29.0. The van der Waals surface area contributed by atoms with Gasteiger partial charge in [-0.1, -0.05) is 18.9 Å². The van der Waals surface area contributed by atoms with E-state index in [-0.39, 0.29) is 11.9 Å². The third-order valence-electron chi connectivity index (χ3n) is 4.56. The minimum absolute atomic E-state index is 0.0312. The highest BCUT2D eigenvalue weighted by molar-refractivity contribution is 9.10. The lowest BCUT2D eigenvalue weighted by molar-refractivity contribution is -0.117. The largest absolute Gasteiger partial charge is 0.324 e. The van der Waals surface area contributed by atoms with Crippen LogP contribution in [0.4, 0.5) is 5.69 Å². The number of hydrogen-bond donors (Lipinski definition) is 2. The number of aryl methyl sites for hydroxylation is 1. The van der Waals surface area contributed by atoms with E-state index in [1.54, 1.807) is 0 Å². The van der Waals surface area contributed by atoms with Crippen LogP contribution < -0.4 is 10.6 Å². The van der Waals surface area contributed by atoms with E-state index in [0.29, 0.717) is 12.0 Å². The van der Waals surface area contributed by atoms with Crippen LogP contribution in [-0.4, -0.2) is 18.0 Å². The smallest absolute Gasteiger partial charge is 0.241 e. The van der Waals surface area contributed by atoms with Gasteiger partial charge in [0.05, 0.1) is 11.7 Å². The molecule has 1 aliphatic carbocycles. The van der Waals surface area contributed by atoms with Crippen LogP contribution in [0.3, 0.4) is 0 Å². The molecule has 1 aromatic carbocycles. The Morgan fingerprint density at radius 2 is 2.15 bits per heavy atom. The number of halogens is 1. The second kappa shape index (κ2) is 5.86. The Hall–Kier alpha value is -0.870. The quantitative estimate of drug-likeness (QED) is 0.865. The maximum atomic E-state index is 12.4. The number of carbonyl (C=O) groups excluding carboxylic acids is 1. The Labute approximate surface area is 128 Å². The molecule has 108 valence electrons. The first-order valence-corrected chi connectivity index (χ1v) is 8.26. The summed E-state index contributed by atoms with van der Waals surface area (Å²) >= 11 is 3.51. The van der Waals surface area contributed by atoms with Crippen molar-refractivity contribution in [2.45, 2.75) is 51.1 Å². The van der Waals surface area contributed by atoms with E-state index in [1.807, 2.05) is 25.1 Å². The summed E-state index contributed by atoms with van der Waals surface area (Å²) in [5, 5.41) is 6.56. The van der Waals surface area contributed by atoms with Crippen molar-refractivity contribution in [2.24, 2.45) is 5.92 Å². The van der Waals surface area contributed by atoms with E-state index < -0.39 is 0 Å². The molecule has 3 atom stereocenters. The molecule has 1 amide bonds. The molecule has 4 heteroatoms. The molecular formula is C16H21BrN2O. The SMILES string of the molecule is Cc1ccc(NC(=O)C2CC3CCCCC3N2)c(Br)c1. The highest BCUT2D eigenvalue weighted by Gasteiger charge is 2.38. The van der Waals surface area contributed by atoms with Crippen molar-refractivity contribution in [2.75, 3.05) is 5.32 Å². The monoisotopic (exact) mass is 336 g/mol. The summed E-state index contributed by atoms with van der Waals surface area (Å²) in [7, 11) is 0. The first-order valence-electron chi connectivity index (χ1n) is 7.46. The van der Waals surface area contributed by atoms with Gasteiger partial charge < -0.3 is 10.6 Å². The van der Waals surface area contributed by atoms with Crippen molar-refractivity contribution in [1.29, 1.82) is 0 Å². The molecule has 2 fully saturated rings. The third kappa shape index (κ3) is 2.91. The third-order valence-corrected chi connectivity index (χ3v) is 5.22. The average molecular weight is 337 g/mol. The van der Waals surface area contributed by atoms with E-state index in [2.05, 4.69) is 26.6 Å². The zero-order valence-electron chi connectivity index (χ0n) is 11.8. The Morgan fingerprint density at radius 1 is 1.35 bits per heavy atom. The molecule has 0 aromatic heterocycles. The van der Waals surface area contributed by atoms with Gasteiger partial charge >= 0.3 is 0 Å². The summed E-state index contributed by atoms with van der Waals surface area (Å²) in [4.78, 5) is 12.4. The molecule has 1 saturated carbocycles. The summed E-state index contributed by atoms with van der Waals surface area (Å²) in [5.74, 6) is 0.796. The van der Waals surface area contributed by atoms with Gasteiger partial charge in [-0.3, -0.25) is 4.79 Å². The number of fused-ring (bicyclic) bond motifs is 1. The fourth-order valence-corrected chi connectivity index (χ4v) is 4.05. The number of anilines is 1. The van der Waals surface area contributed by atoms with Crippen LogP contribution in [-0.2, 0) is 4.79 Å². The summed E-state index contributed by atoms with van der Waals surface area (Å²) in [6.07, 6.45) is 6.10. The van der Waals surface area contributed by atoms with Gasteiger partial charge in [-0.05, 0) is 65.7 Å². The predicted octanol–water partition coefficient (Wildman–Crippen LogP) is 3.62. The van der Waals surface area contributed by atoms with Crippen molar-refractivity contribution in [3.05, 3.63) is 28.2 Å². The summed E-state index contributed by atoms with van der Waals surface area (Å²) in [6, 6.07) is 6.52. The number of rotatable bonds is 2. The Morgan fingerprint density at radius 3 is 2.90 bits per heavy atom. The minimum atomic E-state index is -0.0312. The molecule has 2 aliphatic rings. The van der Waals surface area contributed by atoms with Crippen LogP contribution in [0, 0.1) is 12.8 Å². The summed E-state index contributed by atoms with van der Waals surface area (Å²) in [5.41, 5.74) is 2.04. The molecule has 20 heavy (non-hydrogen) atoms. The van der Waals surface area contributed by atoms with Crippen LogP contribution in [0.15, 0.2) is 22.7 Å². The maximum absolute atomic E-state index is 12.4. The predicted molar refractivity (Wildman–Crippen MR) is 84.8 cm³/mol. The Kier molecular flexibility index (Phi) is 4.13. The molecule has 0 radical (unpaired) electrons. The zero-order chi connectivity index (χ0) is 14.1. The summed E-state index contributed by atoms with van der Waals surface area (Å²) in [6.45, 7) is 2.04. The lowest BCUT2D eigenvalue weighted by Crippen LogP contribution is -2.39.